The standard InChI is InChI=1S/C25H30FNO6/c1-13(2)32-17-6-5-15(19(26)10-17)9-16-11-27(20-8-14(3)4-7-18(16)20)25-24(31)23(30)22(29)21(12-28)33-25/h4-8,10-11,13,21-25,28-31H,9,12H2,1-3H3/t21-,22-,23+,24-,25-/m1/s1. The molecule has 1 aliphatic heterocycles. The lowest BCUT2D eigenvalue weighted by Gasteiger charge is -2.40. The fourth-order valence-electron chi connectivity index (χ4n) is 4.32. The Bertz CT molecular complexity index is 1130. The Morgan fingerprint density at radius 2 is 1.79 bits per heavy atom. The number of fused-ring (bicyclic) bond motifs is 1. The Labute approximate surface area is 191 Å². The lowest BCUT2D eigenvalue weighted by atomic mass is 9.98. The highest BCUT2D eigenvalue weighted by Gasteiger charge is 2.44. The lowest BCUT2D eigenvalue weighted by molar-refractivity contribution is -0.250. The molecule has 4 rings (SSSR count). The van der Waals surface area contributed by atoms with Gasteiger partial charge in [0.05, 0.1) is 18.2 Å². The van der Waals surface area contributed by atoms with Gasteiger partial charge in [-0.2, -0.15) is 0 Å². The Kier molecular flexibility index (Phi) is 6.74. The molecule has 0 aliphatic carbocycles. The molecule has 3 aromatic rings. The van der Waals surface area contributed by atoms with Gasteiger partial charge in [-0.15, -0.1) is 0 Å². The van der Waals surface area contributed by atoms with Gasteiger partial charge in [0.15, 0.2) is 6.23 Å². The molecule has 2 aromatic carbocycles. The first-order valence-electron chi connectivity index (χ1n) is 11.0. The lowest BCUT2D eigenvalue weighted by Crippen LogP contribution is -2.56. The van der Waals surface area contributed by atoms with Crippen molar-refractivity contribution in [3.8, 4) is 5.75 Å². The van der Waals surface area contributed by atoms with Gasteiger partial charge in [-0.1, -0.05) is 18.2 Å². The van der Waals surface area contributed by atoms with Crippen molar-refractivity contribution in [1.29, 1.82) is 0 Å². The average molecular weight is 460 g/mol. The van der Waals surface area contributed by atoms with Crippen molar-refractivity contribution in [2.45, 2.75) is 63.9 Å². The van der Waals surface area contributed by atoms with Crippen LogP contribution in [0.1, 0.15) is 36.8 Å². The van der Waals surface area contributed by atoms with E-state index in [4.69, 9.17) is 9.47 Å². The van der Waals surface area contributed by atoms with E-state index in [0.717, 1.165) is 22.0 Å². The van der Waals surface area contributed by atoms with Gasteiger partial charge in [-0.3, -0.25) is 0 Å². The second-order valence-electron chi connectivity index (χ2n) is 8.90. The molecule has 1 fully saturated rings. The Morgan fingerprint density at radius 1 is 1.03 bits per heavy atom. The third-order valence-electron chi connectivity index (χ3n) is 5.99. The van der Waals surface area contributed by atoms with E-state index in [9.17, 15) is 24.8 Å². The molecule has 1 saturated heterocycles. The Morgan fingerprint density at radius 3 is 2.45 bits per heavy atom. The monoisotopic (exact) mass is 459 g/mol. The number of benzene rings is 2. The number of nitrogens with zero attached hydrogens (tertiary/aromatic N) is 1. The maximum Gasteiger partial charge on any atom is 0.163 e. The summed E-state index contributed by atoms with van der Waals surface area (Å²) in [5.41, 5.74) is 2.99. The van der Waals surface area contributed by atoms with Gasteiger partial charge in [0, 0.05) is 24.1 Å². The third kappa shape index (κ3) is 4.62. The van der Waals surface area contributed by atoms with Crippen molar-refractivity contribution in [3.63, 3.8) is 0 Å². The van der Waals surface area contributed by atoms with Gasteiger partial charge in [0.25, 0.3) is 0 Å². The van der Waals surface area contributed by atoms with Gasteiger partial charge in [-0.05, 0) is 49.6 Å². The van der Waals surface area contributed by atoms with E-state index in [0.29, 0.717) is 11.3 Å². The number of aryl methyl sites for hydroxylation is 1. The van der Waals surface area contributed by atoms with E-state index in [1.807, 2.05) is 39.0 Å². The Balaban J connectivity index is 1.73. The number of halogens is 1. The molecule has 1 aromatic heterocycles. The fraction of sp³-hybridized carbons (Fsp3) is 0.440. The van der Waals surface area contributed by atoms with E-state index in [-0.39, 0.29) is 18.3 Å². The molecule has 7 nitrogen and oxygen atoms in total. The number of rotatable bonds is 6. The summed E-state index contributed by atoms with van der Waals surface area (Å²) in [6.07, 6.45) is -4.42. The quantitative estimate of drug-likeness (QED) is 0.452. The summed E-state index contributed by atoms with van der Waals surface area (Å²) in [6.45, 7) is 5.17. The summed E-state index contributed by atoms with van der Waals surface area (Å²) >= 11 is 0. The largest absolute Gasteiger partial charge is 0.491 e. The average Bonchev–Trinajstić information content (AvgIpc) is 3.11. The maximum absolute atomic E-state index is 14.8. The van der Waals surface area contributed by atoms with Crippen molar-refractivity contribution in [3.05, 3.63) is 65.1 Å². The SMILES string of the molecule is Cc1ccc2c(Cc3ccc(OC(C)C)cc3F)cn([C@@H]3O[C@H](CO)[C@@H](O)[C@H](O)[C@H]3O)c2c1. The predicted octanol–water partition coefficient (Wildman–Crippen LogP) is 2.44. The second kappa shape index (κ2) is 9.40. The van der Waals surface area contributed by atoms with E-state index in [1.54, 1.807) is 22.9 Å². The molecule has 5 atom stereocenters. The summed E-state index contributed by atoms with van der Waals surface area (Å²) in [5.74, 6) is 0.0830. The summed E-state index contributed by atoms with van der Waals surface area (Å²) in [6, 6.07) is 10.6. The van der Waals surface area contributed by atoms with Crippen LogP contribution in [0.2, 0.25) is 0 Å². The molecule has 2 heterocycles. The Hall–Kier alpha value is -2.49. The van der Waals surface area contributed by atoms with Crippen LogP contribution in [0.4, 0.5) is 4.39 Å². The van der Waals surface area contributed by atoms with Crippen LogP contribution in [0.25, 0.3) is 10.9 Å². The summed E-state index contributed by atoms with van der Waals surface area (Å²) in [5, 5.41) is 41.4. The van der Waals surface area contributed by atoms with Gasteiger partial charge in [0.1, 0.15) is 36.0 Å². The molecule has 4 N–H and O–H groups in total. The first kappa shape index (κ1) is 23.7. The smallest absolute Gasteiger partial charge is 0.163 e. The minimum atomic E-state index is -1.49. The molecule has 0 radical (unpaired) electrons. The second-order valence-corrected chi connectivity index (χ2v) is 8.90. The minimum absolute atomic E-state index is 0.0602. The van der Waals surface area contributed by atoms with Crippen molar-refractivity contribution < 1.29 is 34.3 Å². The van der Waals surface area contributed by atoms with Crippen LogP contribution in [-0.2, 0) is 11.2 Å². The zero-order chi connectivity index (χ0) is 23.9. The van der Waals surface area contributed by atoms with Gasteiger partial charge >= 0.3 is 0 Å². The van der Waals surface area contributed by atoms with Crippen LogP contribution in [0.5, 0.6) is 5.75 Å². The highest BCUT2D eigenvalue weighted by atomic mass is 19.1. The van der Waals surface area contributed by atoms with E-state index in [2.05, 4.69) is 0 Å². The van der Waals surface area contributed by atoms with Gasteiger partial charge in [0.2, 0.25) is 0 Å². The molecule has 0 unspecified atom stereocenters. The highest BCUT2D eigenvalue weighted by molar-refractivity contribution is 5.85. The van der Waals surface area contributed by atoms with E-state index < -0.39 is 37.3 Å². The number of ether oxygens (including phenoxy) is 2. The van der Waals surface area contributed by atoms with Crippen molar-refractivity contribution in [1.82, 2.24) is 4.57 Å². The minimum Gasteiger partial charge on any atom is -0.491 e. The first-order chi connectivity index (χ1) is 15.7. The maximum atomic E-state index is 14.8. The van der Waals surface area contributed by atoms with E-state index in [1.165, 1.54) is 6.07 Å². The topological polar surface area (TPSA) is 104 Å². The molecular weight excluding hydrogens is 429 g/mol. The van der Waals surface area contributed by atoms with Crippen LogP contribution >= 0.6 is 0 Å². The number of hydrogen-bond acceptors (Lipinski definition) is 6. The van der Waals surface area contributed by atoms with Gasteiger partial charge in [-0.25, -0.2) is 4.39 Å². The zero-order valence-electron chi connectivity index (χ0n) is 18.9. The molecule has 8 heteroatoms. The van der Waals surface area contributed by atoms with Crippen LogP contribution in [-0.4, -0.2) is 62.1 Å². The summed E-state index contributed by atoms with van der Waals surface area (Å²) < 4.78 is 27.8. The molecule has 1 aliphatic rings. The van der Waals surface area contributed by atoms with Crippen LogP contribution in [0.15, 0.2) is 42.6 Å². The summed E-state index contributed by atoms with van der Waals surface area (Å²) in [7, 11) is 0. The molecule has 178 valence electrons. The molecule has 0 bridgehead atoms. The van der Waals surface area contributed by atoms with Crippen LogP contribution < -0.4 is 4.74 Å². The van der Waals surface area contributed by atoms with Crippen LogP contribution in [0.3, 0.4) is 0 Å². The van der Waals surface area contributed by atoms with Crippen LogP contribution in [0, 0.1) is 12.7 Å². The fourth-order valence-corrected chi connectivity index (χ4v) is 4.32. The number of aromatic nitrogens is 1. The predicted molar refractivity (Wildman–Crippen MR) is 121 cm³/mol. The number of hydrogen-bond donors (Lipinski definition) is 4. The van der Waals surface area contributed by atoms with Crippen molar-refractivity contribution in [2.75, 3.05) is 6.61 Å². The highest BCUT2D eigenvalue weighted by Crippen LogP contribution is 2.34. The number of aliphatic hydroxyl groups excluding tert-OH is 4. The third-order valence-corrected chi connectivity index (χ3v) is 5.99. The van der Waals surface area contributed by atoms with Crippen molar-refractivity contribution >= 4 is 10.9 Å². The molecule has 0 spiro atoms. The number of aliphatic hydroxyl groups is 4. The molecule has 0 amide bonds. The molecular formula is C25H30FNO6. The first-order valence-corrected chi connectivity index (χ1v) is 11.0. The molecule has 33 heavy (non-hydrogen) atoms. The molecule has 0 saturated carbocycles. The summed E-state index contributed by atoms with van der Waals surface area (Å²) in [4.78, 5) is 0. The van der Waals surface area contributed by atoms with Crippen molar-refractivity contribution in [2.24, 2.45) is 0 Å². The van der Waals surface area contributed by atoms with Gasteiger partial charge < -0.3 is 34.5 Å². The zero-order valence-corrected chi connectivity index (χ0v) is 18.9. The van der Waals surface area contributed by atoms with E-state index >= 15 is 0 Å². The normalized spacial score (nSPS) is 25.7.